The van der Waals surface area contributed by atoms with Crippen molar-refractivity contribution in [3.63, 3.8) is 0 Å². The van der Waals surface area contributed by atoms with Crippen LogP contribution in [0.3, 0.4) is 0 Å². The Labute approximate surface area is 160 Å². The van der Waals surface area contributed by atoms with E-state index in [1.54, 1.807) is 9.58 Å². The molecule has 2 aromatic rings. The highest BCUT2D eigenvalue weighted by Gasteiger charge is 2.37. The van der Waals surface area contributed by atoms with Crippen molar-refractivity contribution in [1.82, 2.24) is 25.5 Å². The number of aryl methyl sites for hydroxylation is 2. The van der Waals surface area contributed by atoms with Crippen LogP contribution in [-0.2, 0) is 7.05 Å². The lowest BCUT2D eigenvalue weighted by molar-refractivity contribution is 0.217. The fraction of sp³-hybridized carbons (Fsp3) is 0.500. The van der Waals surface area contributed by atoms with Crippen molar-refractivity contribution in [3.8, 4) is 11.1 Å². The van der Waals surface area contributed by atoms with Crippen LogP contribution in [0.1, 0.15) is 25.0 Å². The van der Waals surface area contributed by atoms with E-state index in [4.69, 9.17) is 0 Å². The summed E-state index contributed by atoms with van der Waals surface area (Å²) in [4.78, 5) is 14.5. The molecule has 2 aliphatic rings. The largest absolute Gasteiger partial charge is 0.326 e. The van der Waals surface area contributed by atoms with E-state index >= 15 is 0 Å². The van der Waals surface area contributed by atoms with E-state index < -0.39 is 0 Å². The summed E-state index contributed by atoms with van der Waals surface area (Å²) in [6, 6.07) is 10.8. The molecule has 0 radical (unpaired) electrons. The third kappa shape index (κ3) is 3.84. The maximum Gasteiger partial charge on any atom is 0.322 e. The van der Waals surface area contributed by atoms with Crippen LogP contribution in [0.2, 0.25) is 0 Å². The molecular weight excluding hydrogens is 340 g/mol. The van der Waals surface area contributed by atoms with Crippen LogP contribution in [0, 0.1) is 12.8 Å². The number of nitrogens with one attached hydrogen (secondary N) is 3. The highest BCUT2D eigenvalue weighted by Crippen LogP contribution is 2.35. The SMILES string of the molecule is Cc1nn(C)c(NC(=O)N(C)CC2CC(C3CC3)NN2)c1-c1ccccc1. The van der Waals surface area contributed by atoms with Gasteiger partial charge in [-0.15, -0.1) is 0 Å². The predicted molar refractivity (Wildman–Crippen MR) is 106 cm³/mol. The highest BCUT2D eigenvalue weighted by molar-refractivity contribution is 5.93. The molecule has 7 heteroatoms. The van der Waals surface area contributed by atoms with Gasteiger partial charge < -0.3 is 4.90 Å². The summed E-state index contributed by atoms with van der Waals surface area (Å²) in [5.41, 5.74) is 9.64. The highest BCUT2D eigenvalue weighted by atomic mass is 16.2. The molecule has 2 fully saturated rings. The first kappa shape index (κ1) is 18.0. The van der Waals surface area contributed by atoms with Crippen LogP contribution in [-0.4, -0.2) is 46.4 Å². The first-order valence-electron chi connectivity index (χ1n) is 9.65. The van der Waals surface area contributed by atoms with Gasteiger partial charge in [-0.3, -0.25) is 20.9 Å². The fourth-order valence-electron chi connectivity index (χ4n) is 3.94. The molecule has 1 aromatic carbocycles. The number of hydrazine groups is 1. The zero-order chi connectivity index (χ0) is 19.0. The molecule has 2 heterocycles. The first-order valence-corrected chi connectivity index (χ1v) is 9.65. The predicted octanol–water partition coefficient (Wildman–Crippen LogP) is 2.50. The number of aromatic nitrogens is 2. The lowest BCUT2D eigenvalue weighted by atomic mass is 10.1. The Morgan fingerprint density at radius 1 is 1.30 bits per heavy atom. The van der Waals surface area contributed by atoms with E-state index in [9.17, 15) is 4.79 Å². The van der Waals surface area contributed by atoms with Gasteiger partial charge in [-0.25, -0.2) is 4.79 Å². The van der Waals surface area contributed by atoms with Gasteiger partial charge in [0.1, 0.15) is 5.82 Å². The van der Waals surface area contributed by atoms with E-state index in [1.165, 1.54) is 12.8 Å². The number of amides is 2. The van der Waals surface area contributed by atoms with Gasteiger partial charge in [0.2, 0.25) is 0 Å². The van der Waals surface area contributed by atoms with Gasteiger partial charge in [0, 0.05) is 38.3 Å². The van der Waals surface area contributed by atoms with Gasteiger partial charge in [0.05, 0.1) is 5.69 Å². The molecule has 2 atom stereocenters. The van der Waals surface area contributed by atoms with Crippen LogP contribution in [0.4, 0.5) is 10.6 Å². The lowest BCUT2D eigenvalue weighted by Crippen LogP contribution is -2.43. The Bertz CT molecular complexity index is 813. The summed E-state index contributed by atoms with van der Waals surface area (Å²) in [6.07, 6.45) is 3.72. The first-order chi connectivity index (χ1) is 13.0. The van der Waals surface area contributed by atoms with Gasteiger partial charge in [-0.05, 0) is 37.7 Å². The smallest absolute Gasteiger partial charge is 0.322 e. The molecule has 2 unspecified atom stereocenters. The van der Waals surface area contributed by atoms with Gasteiger partial charge in [0.15, 0.2) is 0 Å². The van der Waals surface area contributed by atoms with E-state index in [0.29, 0.717) is 12.6 Å². The third-order valence-corrected chi connectivity index (χ3v) is 5.55. The monoisotopic (exact) mass is 368 g/mol. The standard InChI is InChI=1S/C20H28N6O/c1-13-18(15-7-5-4-6-8-15)19(26(3)24-13)21-20(27)25(2)12-16-11-17(23-22-16)14-9-10-14/h4-8,14,16-17,22-23H,9-12H2,1-3H3,(H,21,27). The van der Waals surface area contributed by atoms with Gasteiger partial charge in [-0.1, -0.05) is 30.3 Å². The zero-order valence-electron chi connectivity index (χ0n) is 16.2. The molecule has 1 aliphatic heterocycles. The summed E-state index contributed by atoms with van der Waals surface area (Å²) in [5, 5.41) is 7.56. The second kappa shape index (κ2) is 7.32. The Morgan fingerprint density at radius 2 is 2.04 bits per heavy atom. The van der Waals surface area contributed by atoms with Crippen molar-refractivity contribution in [2.24, 2.45) is 13.0 Å². The summed E-state index contributed by atoms with van der Waals surface area (Å²) in [6.45, 7) is 2.63. The molecule has 0 bridgehead atoms. The maximum absolute atomic E-state index is 12.8. The molecule has 1 saturated heterocycles. The Kier molecular flexibility index (Phi) is 4.88. The van der Waals surface area contributed by atoms with Gasteiger partial charge >= 0.3 is 6.03 Å². The normalized spacial score (nSPS) is 22.0. The fourth-order valence-corrected chi connectivity index (χ4v) is 3.94. The summed E-state index contributed by atoms with van der Waals surface area (Å²) in [7, 11) is 3.70. The van der Waals surface area contributed by atoms with Gasteiger partial charge in [0.25, 0.3) is 0 Å². The molecule has 27 heavy (non-hydrogen) atoms. The third-order valence-electron chi connectivity index (χ3n) is 5.55. The van der Waals surface area contributed by atoms with Crippen molar-refractivity contribution in [2.45, 2.75) is 38.3 Å². The molecular formula is C20H28N6O. The number of hydrogen-bond donors (Lipinski definition) is 3. The molecule has 3 N–H and O–H groups in total. The van der Waals surface area contributed by atoms with E-state index in [2.05, 4.69) is 21.3 Å². The number of likely N-dealkylation sites (N-methyl/N-ethyl adjacent to an activating group) is 1. The average Bonchev–Trinajstić information content (AvgIpc) is 3.34. The summed E-state index contributed by atoms with van der Waals surface area (Å²) < 4.78 is 1.74. The van der Waals surface area contributed by atoms with Crippen molar-refractivity contribution in [1.29, 1.82) is 0 Å². The molecule has 144 valence electrons. The number of nitrogens with zero attached hydrogens (tertiary/aromatic N) is 3. The van der Waals surface area contributed by atoms with Crippen molar-refractivity contribution in [3.05, 3.63) is 36.0 Å². The average molecular weight is 368 g/mol. The second-order valence-electron chi connectivity index (χ2n) is 7.77. The molecule has 1 saturated carbocycles. The number of benzene rings is 1. The number of hydrogen-bond acceptors (Lipinski definition) is 4. The minimum atomic E-state index is -0.119. The Hall–Kier alpha value is -2.38. The molecule has 0 spiro atoms. The summed E-state index contributed by atoms with van der Waals surface area (Å²) >= 11 is 0. The molecule has 4 rings (SSSR count). The number of rotatable bonds is 5. The molecule has 1 aliphatic carbocycles. The Morgan fingerprint density at radius 3 is 2.74 bits per heavy atom. The maximum atomic E-state index is 12.8. The van der Waals surface area contributed by atoms with Gasteiger partial charge in [-0.2, -0.15) is 5.10 Å². The van der Waals surface area contributed by atoms with E-state index in [0.717, 1.165) is 35.0 Å². The second-order valence-corrected chi connectivity index (χ2v) is 7.77. The number of anilines is 1. The van der Waals surface area contributed by atoms with E-state index in [1.807, 2.05) is 51.4 Å². The number of carbonyl (C=O) groups excluding carboxylic acids is 1. The number of carbonyl (C=O) groups is 1. The topological polar surface area (TPSA) is 74.2 Å². The molecule has 2 amide bonds. The van der Waals surface area contributed by atoms with Crippen LogP contribution in [0.15, 0.2) is 30.3 Å². The van der Waals surface area contributed by atoms with Crippen LogP contribution < -0.4 is 16.2 Å². The van der Waals surface area contributed by atoms with E-state index in [-0.39, 0.29) is 12.1 Å². The lowest BCUT2D eigenvalue weighted by Gasteiger charge is -2.22. The van der Waals surface area contributed by atoms with Crippen LogP contribution in [0.5, 0.6) is 0 Å². The minimum absolute atomic E-state index is 0.119. The Balaban J connectivity index is 1.43. The minimum Gasteiger partial charge on any atom is -0.326 e. The van der Waals surface area contributed by atoms with Crippen LogP contribution >= 0.6 is 0 Å². The van der Waals surface area contributed by atoms with Crippen LogP contribution in [0.25, 0.3) is 11.1 Å². The van der Waals surface area contributed by atoms with Crippen molar-refractivity contribution >= 4 is 11.8 Å². The molecule has 1 aromatic heterocycles. The zero-order valence-corrected chi connectivity index (χ0v) is 16.2. The summed E-state index contributed by atoms with van der Waals surface area (Å²) in [5.74, 6) is 1.54. The van der Waals surface area contributed by atoms with Crippen molar-refractivity contribution < 1.29 is 4.79 Å². The quantitative estimate of drug-likeness (QED) is 0.758. The molecule has 7 nitrogen and oxygen atoms in total. The van der Waals surface area contributed by atoms with Crippen molar-refractivity contribution in [2.75, 3.05) is 18.9 Å². The number of urea groups is 1.